The van der Waals surface area contributed by atoms with Crippen LogP contribution < -0.4 is 11.1 Å². The zero-order valence-corrected chi connectivity index (χ0v) is 25.3. The Morgan fingerprint density at radius 3 is 2.38 bits per heavy atom. The topological polar surface area (TPSA) is 93.1 Å². The van der Waals surface area contributed by atoms with Crippen LogP contribution in [0.5, 0.6) is 0 Å². The smallest absolute Gasteiger partial charge is 0.208 e. The monoisotopic (exact) mass is 583 g/mol. The summed E-state index contributed by atoms with van der Waals surface area (Å²) < 4.78 is 4.36. The SMILES string of the molecule is Cc1cc(Cl)c2c(c1)nc(Nc1ccc(-c3cn(C4CCC(N5CCN(C)CC5)CC4)c4ncnc(N)c34)cc1)n2C. The number of nitrogens with two attached hydrogens (primary N) is 1. The normalized spacial score (nSPS) is 20.5. The third-order valence-electron chi connectivity index (χ3n) is 9.27. The number of fused-ring (bicyclic) bond motifs is 2. The maximum Gasteiger partial charge on any atom is 0.208 e. The fourth-order valence-electron chi connectivity index (χ4n) is 6.90. The Balaban J connectivity index is 1.13. The molecule has 42 heavy (non-hydrogen) atoms. The summed E-state index contributed by atoms with van der Waals surface area (Å²) in [5, 5.41) is 5.09. The van der Waals surface area contributed by atoms with E-state index in [-0.39, 0.29) is 0 Å². The Hall–Kier alpha value is -3.66. The van der Waals surface area contributed by atoms with Crippen molar-refractivity contribution in [2.24, 2.45) is 7.05 Å². The van der Waals surface area contributed by atoms with Gasteiger partial charge in [0.25, 0.3) is 0 Å². The van der Waals surface area contributed by atoms with E-state index in [4.69, 9.17) is 27.3 Å². The molecule has 4 heterocycles. The lowest BCUT2D eigenvalue weighted by atomic mass is 9.89. The first kappa shape index (κ1) is 27.2. The van der Waals surface area contributed by atoms with Crippen LogP contribution in [0.15, 0.2) is 48.9 Å². The third kappa shape index (κ3) is 4.89. The molecule has 1 aliphatic carbocycles. The number of hydrogen-bond donors (Lipinski definition) is 2. The van der Waals surface area contributed by atoms with E-state index < -0.39 is 0 Å². The van der Waals surface area contributed by atoms with Gasteiger partial charge in [0, 0.05) is 62.8 Å². The number of likely N-dealkylation sites (N-methyl/N-ethyl adjacent to an activating group) is 1. The van der Waals surface area contributed by atoms with Crippen molar-refractivity contribution in [2.75, 3.05) is 44.3 Å². The highest BCUT2D eigenvalue weighted by molar-refractivity contribution is 6.35. The molecule has 1 saturated heterocycles. The number of nitrogen functional groups attached to an aromatic ring is 1. The Labute approximate surface area is 251 Å². The molecule has 1 aliphatic heterocycles. The number of imidazole rings is 1. The van der Waals surface area contributed by atoms with Gasteiger partial charge in [-0.3, -0.25) is 4.90 Å². The molecule has 5 aromatic rings. The molecular weight excluding hydrogens is 546 g/mol. The summed E-state index contributed by atoms with van der Waals surface area (Å²) in [6, 6.07) is 13.5. The van der Waals surface area contributed by atoms with Crippen molar-refractivity contribution in [1.82, 2.24) is 33.9 Å². The molecule has 0 bridgehead atoms. The minimum atomic E-state index is 0.410. The molecular formula is C32H38ClN9. The van der Waals surface area contributed by atoms with Gasteiger partial charge in [-0.25, -0.2) is 15.0 Å². The molecule has 0 atom stereocenters. The van der Waals surface area contributed by atoms with E-state index in [1.807, 2.05) is 24.6 Å². The van der Waals surface area contributed by atoms with Gasteiger partial charge < -0.3 is 25.1 Å². The second kappa shape index (κ2) is 10.9. The fourth-order valence-corrected chi connectivity index (χ4v) is 7.29. The van der Waals surface area contributed by atoms with E-state index in [0.717, 1.165) is 63.2 Å². The van der Waals surface area contributed by atoms with E-state index in [1.54, 1.807) is 6.33 Å². The molecule has 2 fully saturated rings. The molecule has 218 valence electrons. The van der Waals surface area contributed by atoms with E-state index >= 15 is 0 Å². The average molecular weight is 584 g/mol. The lowest BCUT2D eigenvalue weighted by Crippen LogP contribution is -2.49. The van der Waals surface area contributed by atoms with E-state index in [9.17, 15) is 0 Å². The molecule has 0 amide bonds. The molecule has 0 unspecified atom stereocenters. The number of piperazine rings is 1. The quantitative estimate of drug-likeness (QED) is 0.262. The first-order valence-corrected chi connectivity index (χ1v) is 15.3. The van der Waals surface area contributed by atoms with Gasteiger partial charge in [0.15, 0.2) is 0 Å². The molecule has 3 N–H and O–H groups in total. The molecule has 7 rings (SSSR count). The van der Waals surface area contributed by atoms with Gasteiger partial charge >= 0.3 is 0 Å². The van der Waals surface area contributed by atoms with E-state index in [0.29, 0.717) is 22.9 Å². The summed E-state index contributed by atoms with van der Waals surface area (Å²) in [6.45, 7) is 6.73. The number of nitrogens with one attached hydrogen (secondary N) is 1. The van der Waals surface area contributed by atoms with Gasteiger partial charge in [-0.15, -0.1) is 0 Å². The zero-order chi connectivity index (χ0) is 29.0. The number of anilines is 3. The maximum absolute atomic E-state index is 6.52. The van der Waals surface area contributed by atoms with Gasteiger partial charge in [-0.05, 0) is 75.0 Å². The van der Waals surface area contributed by atoms with Gasteiger partial charge in [0.2, 0.25) is 5.95 Å². The van der Waals surface area contributed by atoms with Crippen molar-refractivity contribution in [3.8, 4) is 11.1 Å². The minimum Gasteiger partial charge on any atom is -0.383 e. The minimum absolute atomic E-state index is 0.410. The van der Waals surface area contributed by atoms with Crippen molar-refractivity contribution in [3.05, 3.63) is 59.5 Å². The van der Waals surface area contributed by atoms with Crippen LogP contribution in [0, 0.1) is 6.92 Å². The third-order valence-corrected chi connectivity index (χ3v) is 9.56. The highest BCUT2D eigenvalue weighted by Gasteiger charge is 2.30. The van der Waals surface area contributed by atoms with Gasteiger partial charge in [-0.2, -0.15) is 0 Å². The van der Waals surface area contributed by atoms with Crippen LogP contribution in [0.3, 0.4) is 0 Å². The van der Waals surface area contributed by atoms with Crippen molar-refractivity contribution in [1.29, 1.82) is 0 Å². The molecule has 0 radical (unpaired) electrons. The molecule has 3 aromatic heterocycles. The van der Waals surface area contributed by atoms with Crippen molar-refractivity contribution < 1.29 is 0 Å². The number of rotatable bonds is 5. The molecule has 10 heteroatoms. The second-order valence-electron chi connectivity index (χ2n) is 12.0. The standard InChI is InChI=1S/C32H38ClN9/c1-20-16-26(33)29-27(17-20)38-32(40(29)3)37-22-6-4-21(5-7-22)25-18-42(31-28(25)30(34)35-19-36-31)24-10-8-23(9-11-24)41-14-12-39(2)13-15-41/h4-7,16-19,23-24H,8-15H2,1-3H3,(H,37,38)(H2,34,35,36). The molecule has 1 saturated carbocycles. The van der Waals surface area contributed by atoms with E-state index in [2.05, 4.69) is 68.2 Å². The summed E-state index contributed by atoms with van der Waals surface area (Å²) in [7, 11) is 4.20. The number of hydrogen-bond acceptors (Lipinski definition) is 7. The Morgan fingerprint density at radius 1 is 0.929 bits per heavy atom. The first-order chi connectivity index (χ1) is 20.4. The highest BCUT2D eigenvalue weighted by atomic mass is 35.5. The number of halogens is 1. The first-order valence-electron chi connectivity index (χ1n) is 14.9. The Morgan fingerprint density at radius 2 is 1.64 bits per heavy atom. The summed E-state index contributed by atoms with van der Waals surface area (Å²) in [5.41, 5.74) is 13.4. The van der Waals surface area contributed by atoms with Crippen molar-refractivity contribution in [3.63, 3.8) is 0 Å². The van der Waals surface area contributed by atoms with Crippen LogP contribution in [-0.2, 0) is 7.05 Å². The largest absolute Gasteiger partial charge is 0.383 e. The van der Waals surface area contributed by atoms with Crippen LogP contribution >= 0.6 is 11.6 Å². The Bertz CT molecular complexity index is 1740. The second-order valence-corrected chi connectivity index (χ2v) is 12.4. The summed E-state index contributed by atoms with van der Waals surface area (Å²) >= 11 is 6.52. The fraction of sp³-hybridized carbons (Fsp3) is 0.406. The summed E-state index contributed by atoms with van der Waals surface area (Å²) in [4.78, 5) is 19.0. The lowest BCUT2D eigenvalue weighted by Gasteiger charge is -2.41. The van der Waals surface area contributed by atoms with Crippen LogP contribution in [-0.4, -0.2) is 73.2 Å². The Kier molecular flexibility index (Phi) is 7.04. The maximum atomic E-state index is 6.52. The van der Waals surface area contributed by atoms with Gasteiger partial charge in [-0.1, -0.05) is 23.7 Å². The highest BCUT2D eigenvalue weighted by Crippen LogP contribution is 2.39. The van der Waals surface area contributed by atoms with Crippen LogP contribution in [0.1, 0.15) is 37.3 Å². The number of benzene rings is 2. The van der Waals surface area contributed by atoms with Crippen molar-refractivity contribution in [2.45, 2.75) is 44.7 Å². The van der Waals surface area contributed by atoms with Crippen LogP contribution in [0.25, 0.3) is 33.2 Å². The van der Waals surface area contributed by atoms with Crippen LogP contribution in [0.2, 0.25) is 5.02 Å². The molecule has 9 nitrogen and oxygen atoms in total. The van der Waals surface area contributed by atoms with Crippen LogP contribution in [0.4, 0.5) is 17.5 Å². The number of aromatic nitrogens is 5. The number of nitrogens with zero attached hydrogens (tertiary/aromatic N) is 7. The van der Waals surface area contributed by atoms with E-state index in [1.165, 1.54) is 39.0 Å². The molecule has 2 aliphatic rings. The summed E-state index contributed by atoms with van der Waals surface area (Å²) in [6.07, 6.45) is 8.57. The molecule has 2 aromatic carbocycles. The van der Waals surface area contributed by atoms with Gasteiger partial charge in [0.1, 0.15) is 17.8 Å². The van der Waals surface area contributed by atoms with Gasteiger partial charge in [0.05, 0.1) is 21.4 Å². The zero-order valence-electron chi connectivity index (χ0n) is 24.5. The molecule has 0 spiro atoms. The lowest BCUT2D eigenvalue weighted by molar-refractivity contribution is 0.0828. The average Bonchev–Trinajstić information content (AvgIpc) is 3.52. The predicted octanol–water partition coefficient (Wildman–Crippen LogP) is 6.00. The predicted molar refractivity (Wildman–Crippen MR) is 171 cm³/mol. The number of aryl methyl sites for hydroxylation is 2. The van der Waals surface area contributed by atoms with Crippen molar-refractivity contribution >= 4 is 51.1 Å². The summed E-state index contributed by atoms with van der Waals surface area (Å²) in [5.74, 6) is 1.26.